The van der Waals surface area contributed by atoms with Gasteiger partial charge >= 0.3 is 5.97 Å². The third kappa shape index (κ3) is 4.55. The fourth-order valence-corrected chi connectivity index (χ4v) is 2.56. The van der Waals surface area contributed by atoms with Gasteiger partial charge in [0, 0.05) is 26.3 Å². The quantitative estimate of drug-likeness (QED) is 0.707. The number of nitrogens with zero attached hydrogens (tertiary/aromatic N) is 1. The SMILES string of the molecule is CCNC(C)(CN(C)CC1CCOCC1)C(=O)O. The van der Waals surface area contributed by atoms with E-state index in [1.54, 1.807) is 6.92 Å². The highest BCUT2D eigenvalue weighted by atomic mass is 16.5. The van der Waals surface area contributed by atoms with Crippen molar-refractivity contribution in [1.82, 2.24) is 10.2 Å². The Bertz CT molecular complexity index is 267. The first-order valence-corrected chi connectivity index (χ1v) is 6.72. The molecule has 1 fully saturated rings. The summed E-state index contributed by atoms with van der Waals surface area (Å²) in [5.41, 5.74) is -0.866. The van der Waals surface area contributed by atoms with Crippen LogP contribution in [0.2, 0.25) is 0 Å². The molecular formula is C13H26N2O3. The molecule has 1 atom stereocenters. The van der Waals surface area contributed by atoms with Crippen LogP contribution in [0.15, 0.2) is 0 Å². The summed E-state index contributed by atoms with van der Waals surface area (Å²) in [6, 6.07) is 0. The first kappa shape index (κ1) is 15.4. The van der Waals surface area contributed by atoms with Gasteiger partial charge in [0.25, 0.3) is 0 Å². The van der Waals surface area contributed by atoms with Crippen LogP contribution in [0, 0.1) is 5.92 Å². The minimum atomic E-state index is -0.866. The van der Waals surface area contributed by atoms with Gasteiger partial charge in [-0.2, -0.15) is 0 Å². The molecule has 2 N–H and O–H groups in total. The zero-order valence-electron chi connectivity index (χ0n) is 11.7. The van der Waals surface area contributed by atoms with Gasteiger partial charge in [-0.1, -0.05) is 6.92 Å². The normalized spacial score (nSPS) is 20.9. The number of hydrogen-bond donors (Lipinski definition) is 2. The highest BCUT2D eigenvalue weighted by molar-refractivity contribution is 5.78. The van der Waals surface area contributed by atoms with Crippen LogP contribution in [0.5, 0.6) is 0 Å². The molecule has 18 heavy (non-hydrogen) atoms. The van der Waals surface area contributed by atoms with E-state index in [-0.39, 0.29) is 0 Å². The fourth-order valence-electron chi connectivity index (χ4n) is 2.56. The Hall–Kier alpha value is -0.650. The number of hydrogen-bond acceptors (Lipinski definition) is 4. The number of likely N-dealkylation sites (N-methyl/N-ethyl adjacent to an activating group) is 2. The van der Waals surface area contributed by atoms with Crippen molar-refractivity contribution in [2.45, 2.75) is 32.2 Å². The van der Waals surface area contributed by atoms with E-state index in [9.17, 15) is 9.90 Å². The Morgan fingerprint density at radius 3 is 2.61 bits per heavy atom. The molecular weight excluding hydrogens is 232 g/mol. The molecule has 1 rings (SSSR count). The summed E-state index contributed by atoms with van der Waals surface area (Å²) in [4.78, 5) is 13.4. The van der Waals surface area contributed by atoms with E-state index in [0.717, 1.165) is 32.6 Å². The van der Waals surface area contributed by atoms with E-state index in [1.165, 1.54) is 0 Å². The number of rotatable bonds is 7. The van der Waals surface area contributed by atoms with Crippen LogP contribution >= 0.6 is 0 Å². The molecule has 1 unspecified atom stereocenters. The van der Waals surface area contributed by atoms with Gasteiger partial charge in [-0.3, -0.25) is 4.79 Å². The summed E-state index contributed by atoms with van der Waals surface area (Å²) >= 11 is 0. The van der Waals surface area contributed by atoms with Crippen molar-refractivity contribution in [3.63, 3.8) is 0 Å². The van der Waals surface area contributed by atoms with E-state index in [2.05, 4.69) is 10.2 Å². The lowest BCUT2D eigenvalue weighted by atomic mass is 9.97. The second-order valence-corrected chi connectivity index (χ2v) is 5.42. The third-order valence-electron chi connectivity index (χ3n) is 3.54. The van der Waals surface area contributed by atoms with Crippen molar-refractivity contribution in [3.8, 4) is 0 Å². The summed E-state index contributed by atoms with van der Waals surface area (Å²) in [7, 11) is 1.99. The van der Waals surface area contributed by atoms with Gasteiger partial charge in [-0.05, 0) is 39.3 Å². The molecule has 1 aliphatic rings. The zero-order valence-corrected chi connectivity index (χ0v) is 11.7. The van der Waals surface area contributed by atoms with Gasteiger partial charge in [0.1, 0.15) is 5.54 Å². The van der Waals surface area contributed by atoms with Crippen LogP contribution in [0.4, 0.5) is 0 Å². The van der Waals surface area contributed by atoms with Crippen LogP contribution in [0.1, 0.15) is 26.7 Å². The van der Waals surface area contributed by atoms with Crippen molar-refractivity contribution < 1.29 is 14.6 Å². The zero-order chi connectivity index (χ0) is 13.6. The average molecular weight is 258 g/mol. The molecule has 0 aliphatic carbocycles. The predicted molar refractivity (Wildman–Crippen MR) is 70.8 cm³/mol. The van der Waals surface area contributed by atoms with E-state index >= 15 is 0 Å². The first-order chi connectivity index (χ1) is 8.48. The standard InChI is InChI=1S/C13H26N2O3/c1-4-14-13(2,12(16)17)10-15(3)9-11-5-7-18-8-6-11/h11,14H,4-10H2,1-3H3,(H,16,17). The smallest absolute Gasteiger partial charge is 0.324 e. The molecule has 5 nitrogen and oxygen atoms in total. The Kier molecular flexibility index (Phi) is 6.05. The number of aliphatic carboxylic acids is 1. The highest BCUT2D eigenvalue weighted by Gasteiger charge is 2.33. The van der Waals surface area contributed by atoms with Gasteiger partial charge in [-0.15, -0.1) is 0 Å². The monoisotopic (exact) mass is 258 g/mol. The molecule has 106 valence electrons. The summed E-state index contributed by atoms with van der Waals surface area (Å²) in [6.07, 6.45) is 2.16. The first-order valence-electron chi connectivity index (χ1n) is 6.72. The van der Waals surface area contributed by atoms with Crippen molar-refractivity contribution in [3.05, 3.63) is 0 Å². The molecule has 0 aromatic heterocycles. The van der Waals surface area contributed by atoms with E-state index in [0.29, 0.717) is 19.0 Å². The van der Waals surface area contributed by atoms with Crippen LogP contribution < -0.4 is 5.32 Å². The van der Waals surface area contributed by atoms with Crippen LogP contribution in [-0.4, -0.2) is 61.4 Å². The summed E-state index contributed by atoms with van der Waals surface area (Å²) in [6.45, 7) is 7.47. The lowest BCUT2D eigenvalue weighted by Crippen LogP contribution is -2.56. The summed E-state index contributed by atoms with van der Waals surface area (Å²) in [5, 5.41) is 12.4. The van der Waals surface area contributed by atoms with E-state index in [4.69, 9.17) is 4.74 Å². The van der Waals surface area contributed by atoms with Crippen molar-refractivity contribution in [2.24, 2.45) is 5.92 Å². The number of ether oxygens (including phenoxy) is 1. The van der Waals surface area contributed by atoms with Crippen molar-refractivity contribution >= 4 is 5.97 Å². The molecule has 1 aliphatic heterocycles. The van der Waals surface area contributed by atoms with Gasteiger partial charge in [0.2, 0.25) is 0 Å². The third-order valence-corrected chi connectivity index (χ3v) is 3.54. The number of carboxylic acids is 1. The molecule has 0 saturated carbocycles. The lowest BCUT2D eigenvalue weighted by Gasteiger charge is -2.33. The van der Waals surface area contributed by atoms with Gasteiger partial charge in [0.05, 0.1) is 0 Å². The van der Waals surface area contributed by atoms with Crippen LogP contribution in [0.25, 0.3) is 0 Å². The molecule has 0 spiro atoms. The van der Waals surface area contributed by atoms with Gasteiger partial charge < -0.3 is 20.1 Å². The predicted octanol–water partition coefficient (Wildman–Crippen LogP) is 0.798. The van der Waals surface area contributed by atoms with Crippen molar-refractivity contribution in [1.29, 1.82) is 0 Å². The maximum atomic E-state index is 11.3. The molecule has 1 saturated heterocycles. The fraction of sp³-hybridized carbons (Fsp3) is 0.923. The minimum absolute atomic E-state index is 0.521. The second kappa shape index (κ2) is 7.07. The maximum Gasteiger partial charge on any atom is 0.324 e. The Morgan fingerprint density at radius 2 is 2.11 bits per heavy atom. The lowest BCUT2D eigenvalue weighted by molar-refractivity contribution is -0.145. The molecule has 1 heterocycles. The average Bonchev–Trinajstić information content (AvgIpc) is 2.30. The maximum absolute atomic E-state index is 11.3. The second-order valence-electron chi connectivity index (χ2n) is 5.42. The molecule has 5 heteroatoms. The number of carboxylic acid groups (broad SMARTS) is 1. The Morgan fingerprint density at radius 1 is 1.50 bits per heavy atom. The van der Waals surface area contributed by atoms with Crippen LogP contribution in [-0.2, 0) is 9.53 Å². The minimum Gasteiger partial charge on any atom is -0.480 e. The largest absolute Gasteiger partial charge is 0.480 e. The molecule has 0 aromatic rings. The highest BCUT2D eigenvalue weighted by Crippen LogP contribution is 2.16. The summed E-state index contributed by atoms with van der Waals surface area (Å²) < 4.78 is 5.33. The van der Waals surface area contributed by atoms with Crippen LogP contribution in [0.3, 0.4) is 0 Å². The Labute approximate surface area is 109 Å². The van der Waals surface area contributed by atoms with Gasteiger partial charge in [0.15, 0.2) is 0 Å². The number of nitrogens with one attached hydrogen (secondary N) is 1. The van der Waals surface area contributed by atoms with Gasteiger partial charge in [-0.25, -0.2) is 0 Å². The Balaban J connectivity index is 2.45. The van der Waals surface area contributed by atoms with Crippen molar-refractivity contribution in [2.75, 3.05) is 39.9 Å². The molecule has 0 amide bonds. The van der Waals surface area contributed by atoms with E-state index in [1.807, 2.05) is 14.0 Å². The molecule has 0 radical (unpaired) electrons. The molecule has 0 aromatic carbocycles. The molecule has 0 bridgehead atoms. The number of carbonyl (C=O) groups is 1. The topological polar surface area (TPSA) is 61.8 Å². The summed E-state index contributed by atoms with van der Waals surface area (Å²) in [5.74, 6) is -0.161. The van der Waals surface area contributed by atoms with E-state index < -0.39 is 11.5 Å².